The van der Waals surface area contributed by atoms with Gasteiger partial charge >= 0.3 is 0 Å². The molecule has 1 aromatic carbocycles. The molecule has 0 saturated carbocycles. The van der Waals surface area contributed by atoms with Gasteiger partial charge in [0.2, 0.25) is 5.91 Å². The zero-order chi connectivity index (χ0) is 13.2. The van der Waals surface area contributed by atoms with Crippen LogP contribution in [0.1, 0.15) is 38.7 Å². The van der Waals surface area contributed by atoms with Crippen LogP contribution in [0.4, 0.5) is 5.69 Å². The fraction of sp³-hybridized carbons (Fsp3) is 0.533. The highest BCUT2D eigenvalue weighted by Gasteiger charge is 2.42. The second-order valence-corrected chi connectivity index (χ2v) is 6.14. The summed E-state index contributed by atoms with van der Waals surface area (Å²) in [6.45, 7) is 4.88. The summed E-state index contributed by atoms with van der Waals surface area (Å²) in [5.41, 5.74) is 1.90. The van der Waals surface area contributed by atoms with E-state index >= 15 is 0 Å². The number of alkyl halides is 1. The topological polar surface area (TPSA) is 20.3 Å². The number of unbranched alkanes of at least 4 members (excludes halogenated alkanes) is 2. The van der Waals surface area contributed by atoms with E-state index in [-0.39, 0.29) is 11.3 Å². The Labute approximate surface area is 117 Å². The van der Waals surface area contributed by atoms with E-state index in [1.54, 1.807) is 0 Å². The first-order valence-corrected chi connectivity index (χ1v) is 7.68. The Morgan fingerprint density at radius 1 is 1.17 bits per heavy atom. The SMILES string of the molecule is CC1(C)C(=O)N(CCCCCBr)c2ccccc21. The molecule has 1 aliphatic heterocycles. The maximum Gasteiger partial charge on any atom is 0.237 e. The first-order chi connectivity index (χ1) is 8.59. The predicted molar refractivity (Wildman–Crippen MR) is 79.5 cm³/mol. The number of hydrogen-bond donors (Lipinski definition) is 0. The molecule has 1 heterocycles. The van der Waals surface area contributed by atoms with Gasteiger partial charge in [-0.2, -0.15) is 0 Å². The molecule has 98 valence electrons. The van der Waals surface area contributed by atoms with Gasteiger partial charge in [-0.3, -0.25) is 4.79 Å². The average Bonchev–Trinajstić information content (AvgIpc) is 2.56. The Morgan fingerprint density at radius 2 is 1.89 bits per heavy atom. The van der Waals surface area contributed by atoms with Gasteiger partial charge in [0, 0.05) is 17.6 Å². The first-order valence-electron chi connectivity index (χ1n) is 6.56. The third kappa shape index (κ3) is 2.33. The monoisotopic (exact) mass is 309 g/mol. The summed E-state index contributed by atoms with van der Waals surface area (Å²) >= 11 is 3.44. The number of benzene rings is 1. The van der Waals surface area contributed by atoms with Crippen LogP contribution in [-0.4, -0.2) is 17.8 Å². The molecule has 0 unspecified atom stereocenters. The number of carbonyl (C=O) groups is 1. The van der Waals surface area contributed by atoms with Crippen LogP contribution in [0.2, 0.25) is 0 Å². The summed E-state index contributed by atoms with van der Waals surface area (Å²) in [4.78, 5) is 14.4. The Morgan fingerprint density at radius 3 is 2.61 bits per heavy atom. The summed E-state index contributed by atoms with van der Waals surface area (Å²) < 4.78 is 0. The third-order valence-corrected chi connectivity index (χ3v) is 4.22. The Bertz CT molecular complexity index is 442. The van der Waals surface area contributed by atoms with E-state index in [1.165, 1.54) is 6.42 Å². The van der Waals surface area contributed by atoms with E-state index in [4.69, 9.17) is 0 Å². The van der Waals surface area contributed by atoms with Gasteiger partial charge in [-0.1, -0.05) is 40.5 Å². The number of fused-ring (bicyclic) bond motifs is 1. The maximum absolute atomic E-state index is 12.5. The molecule has 0 bridgehead atoms. The molecule has 1 amide bonds. The van der Waals surface area contributed by atoms with E-state index < -0.39 is 0 Å². The van der Waals surface area contributed by atoms with Crippen molar-refractivity contribution in [1.29, 1.82) is 0 Å². The van der Waals surface area contributed by atoms with E-state index in [1.807, 2.05) is 30.9 Å². The van der Waals surface area contributed by atoms with Crippen molar-refractivity contribution >= 4 is 27.5 Å². The van der Waals surface area contributed by atoms with Gasteiger partial charge in [0.15, 0.2) is 0 Å². The lowest BCUT2D eigenvalue weighted by atomic mass is 9.86. The summed E-state index contributed by atoms with van der Waals surface area (Å²) in [6, 6.07) is 8.17. The zero-order valence-electron chi connectivity index (χ0n) is 11.1. The molecule has 1 aliphatic rings. The number of anilines is 1. The van der Waals surface area contributed by atoms with Crippen molar-refractivity contribution in [3.63, 3.8) is 0 Å². The van der Waals surface area contributed by atoms with Crippen LogP contribution in [0, 0.1) is 0 Å². The number of hydrogen-bond acceptors (Lipinski definition) is 1. The Kier molecular flexibility index (Phi) is 4.10. The van der Waals surface area contributed by atoms with Gasteiger partial charge < -0.3 is 4.90 Å². The molecule has 3 heteroatoms. The van der Waals surface area contributed by atoms with Crippen LogP contribution in [0.15, 0.2) is 24.3 Å². The summed E-state index contributed by atoms with van der Waals surface area (Å²) in [6.07, 6.45) is 3.41. The van der Waals surface area contributed by atoms with Crippen LogP contribution >= 0.6 is 15.9 Å². The predicted octanol–water partition coefficient (Wildman–Crippen LogP) is 3.88. The van der Waals surface area contributed by atoms with E-state index in [0.717, 1.165) is 36.0 Å². The van der Waals surface area contributed by atoms with Gasteiger partial charge in [0.05, 0.1) is 5.41 Å². The summed E-state index contributed by atoms with van der Waals surface area (Å²) in [5.74, 6) is 0.238. The smallest absolute Gasteiger partial charge is 0.237 e. The van der Waals surface area contributed by atoms with Crippen molar-refractivity contribution in [1.82, 2.24) is 0 Å². The molecule has 0 aromatic heterocycles. The Hall–Kier alpha value is -0.830. The quantitative estimate of drug-likeness (QED) is 0.597. The van der Waals surface area contributed by atoms with Crippen molar-refractivity contribution in [2.75, 3.05) is 16.8 Å². The number of para-hydroxylation sites is 1. The van der Waals surface area contributed by atoms with Gasteiger partial charge in [-0.05, 0) is 38.3 Å². The lowest BCUT2D eigenvalue weighted by Crippen LogP contribution is -2.36. The molecule has 0 fully saturated rings. The highest BCUT2D eigenvalue weighted by Crippen LogP contribution is 2.41. The molecular weight excluding hydrogens is 290 g/mol. The molecule has 0 N–H and O–H groups in total. The minimum absolute atomic E-state index is 0.238. The molecule has 2 rings (SSSR count). The van der Waals surface area contributed by atoms with Crippen LogP contribution < -0.4 is 4.90 Å². The molecule has 2 nitrogen and oxygen atoms in total. The fourth-order valence-corrected chi connectivity index (χ4v) is 2.96. The van der Waals surface area contributed by atoms with Crippen molar-refractivity contribution < 1.29 is 4.79 Å². The lowest BCUT2D eigenvalue weighted by Gasteiger charge is -2.20. The van der Waals surface area contributed by atoms with E-state index in [0.29, 0.717) is 0 Å². The molecule has 0 saturated heterocycles. The first kappa shape index (κ1) is 13.6. The van der Waals surface area contributed by atoms with Crippen LogP contribution in [0.3, 0.4) is 0 Å². The number of nitrogens with zero attached hydrogens (tertiary/aromatic N) is 1. The zero-order valence-corrected chi connectivity index (χ0v) is 12.7. The normalized spacial score (nSPS) is 17.1. The van der Waals surface area contributed by atoms with Gasteiger partial charge in [0.25, 0.3) is 0 Å². The molecule has 18 heavy (non-hydrogen) atoms. The molecular formula is C15H20BrNO. The van der Waals surface area contributed by atoms with E-state index in [9.17, 15) is 4.79 Å². The van der Waals surface area contributed by atoms with Gasteiger partial charge in [0.1, 0.15) is 0 Å². The highest BCUT2D eigenvalue weighted by molar-refractivity contribution is 9.09. The number of halogens is 1. The molecule has 0 spiro atoms. The Balaban J connectivity index is 2.15. The van der Waals surface area contributed by atoms with Crippen LogP contribution in [-0.2, 0) is 10.2 Å². The maximum atomic E-state index is 12.5. The van der Waals surface area contributed by atoms with Gasteiger partial charge in [-0.25, -0.2) is 0 Å². The highest BCUT2D eigenvalue weighted by atomic mass is 79.9. The second kappa shape index (κ2) is 5.43. The molecule has 0 aliphatic carbocycles. The lowest BCUT2D eigenvalue weighted by molar-refractivity contribution is -0.122. The van der Waals surface area contributed by atoms with Crippen molar-refractivity contribution in [2.24, 2.45) is 0 Å². The van der Waals surface area contributed by atoms with Crippen molar-refractivity contribution in [3.05, 3.63) is 29.8 Å². The largest absolute Gasteiger partial charge is 0.311 e. The molecule has 0 radical (unpaired) electrons. The summed E-state index contributed by atoms with van der Waals surface area (Å²) in [5, 5.41) is 1.04. The standard InChI is InChI=1S/C15H20BrNO/c1-15(2)12-8-4-5-9-13(12)17(14(15)18)11-7-3-6-10-16/h4-5,8-9H,3,6-7,10-11H2,1-2H3. The molecule has 0 atom stereocenters. The second-order valence-electron chi connectivity index (χ2n) is 5.35. The third-order valence-electron chi connectivity index (χ3n) is 3.66. The number of amides is 1. The number of rotatable bonds is 5. The van der Waals surface area contributed by atoms with Crippen molar-refractivity contribution in [3.8, 4) is 0 Å². The van der Waals surface area contributed by atoms with Crippen LogP contribution in [0.25, 0.3) is 0 Å². The minimum Gasteiger partial charge on any atom is -0.311 e. The van der Waals surface area contributed by atoms with Crippen LogP contribution in [0.5, 0.6) is 0 Å². The number of carbonyl (C=O) groups excluding carboxylic acids is 1. The minimum atomic E-state index is -0.369. The van der Waals surface area contributed by atoms with E-state index in [2.05, 4.69) is 28.1 Å². The average molecular weight is 310 g/mol. The van der Waals surface area contributed by atoms with Gasteiger partial charge in [-0.15, -0.1) is 0 Å². The fourth-order valence-electron chi connectivity index (χ4n) is 2.56. The summed E-state index contributed by atoms with van der Waals surface area (Å²) in [7, 11) is 0. The molecule has 1 aromatic rings. The van der Waals surface area contributed by atoms with Crippen molar-refractivity contribution in [2.45, 2.75) is 38.5 Å².